The number of piperazine rings is 1. The summed E-state index contributed by atoms with van der Waals surface area (Å²) in [5, 5.41) is 9.46. The van der Waals surface area contributed by atoms with Gasteiger partial charge in [0.05, 0.1) is 16.4 Å². The molecule has 3 aromatic rings. The Hall–Kier alpha value is -3.55. The van der Waals surface area contributed by atoms with Crippen LogP contribution in [0.25, 0.3) is 0 Å². The van der Waals surface area contributed by atoms with Crippen LogP contribution >= 0.6 is 11.6 Å². The van der Waals surface area contributed by atoms with Crippen LogP contribution in [0.2, 0.25) is 5.02 Å². The van der Waals surface area contributed by atoms with Crippen LogP contribution in [0, 0.1) is 5.82 Å². The Morgan fingerprint density at radius 1 is 0.971 bits per heavy atom. The highest BCUT2D eigenvalue weighted by molar-refractivity contribution is 6.33. The fourth-order valence-corrected chi connectivity index (χ4v) is 3.93. The molecule has 1 aliphatic heterocycles. The number of carbonyl (C=O) groups excluding carboxylic acids is 1. The molecule has 0 aliphatic carbocycles. The molecule has 6 nitrogen and oxygen atoms in total. The summed E-state index contributed by atoms with van der Waals surface area (Å²) in [7, 11) is 2.14. The van der Waals surface area contributed by atoms with E-state index in [0.717, 1.165) is 43.6 Å². The minimum absolute atomic E-state index is 0.0290. The average molecular weight is 480 g/mol. The highest BCUT2D eigenvalue weighted by Gasteiger charge is 2.15. The molecule has 3 N–H and O–H groups in total. The number of nitrogens with one attached hydrogen (secondary N) is 3. The zero-order valence-corrected chi connectivity index (χ0v) is 19.7. The number of likely N-dealkylation sites (N-methyl/N-ethyl adjacent to an activating group) is 1. The van der Waals surface area contributed by atoms with E-state index < -0.39 is 11.7 Å². The van der Waals surface area contributed by atoms with Gasteiger partial charge < -0.3 is 25.8 Å². The van der Waals surface area contributed by atoms with Crippen LogP contribution in [0.1, 0.15) is 0 Å². The summed E-state index contributed by atoms with van der Waals surface area (Å²) >= 11 is 6.39. The minimum atomic E-state index is -0.564. The van der Waals surface area contributed by atoms with Crippen molar-refractivity contribution in [2.24, 2.45) is 0 Å². The van der Waals surface area contributed by atoms with E-state index in [-0.39, 0.29) is 5.69 Å². The number of hydrogen-bond donors (Lipinski definition) is 3. The monoisotopic (exact) mass is 479 g/mol. The number of amides is 1. The first kappa shape index (κ1) is 23.6. The third kappa shape index (κ3) is 5.68. The van der Waals surface area contributed by atoms with Crippen LogP contribution in [-0.4, -0.2) is 44.0 Å². The lowest BCUT2D eigenvalue weighted by atomic mass is 10.2. The smallest absolute Gasteiger partial charge is 0.247 e. The van der Waals surface area contributed by atoms with Crippen LogP contribution in [0.4, 0.5) is 38.5 Å². The lowest BCUT2D eigenvalue weighted by Gasteiger charge is -2.34. The molecule has 1 amide bonds. The number of rotatable bonds is 7. The first-order chi connectivity index (χ1) is 16.4. The van der Waals surface area contributed by atoms with Crippen molar-refractivity contribution in [2.75, 3.05) is 54.1 Å². The second-order valence-electron chi connectivity index (χ2n) is 8.14. The lowest BCUT2D eigenvalue weighted by Crippen LogP contribution is -2.44. The zero-order valence-electron chi connectivity index (χ0n) is 18.9. The summed E-state index contributed by atoms with van der Waals surface area (Å²) in [4.78, 5) is 16.5. The second kappa shape index (κ2) is 10.6. The van der Waals surface area contributed by atoms with Crippen molar-refractivity contribution in [1.29, 1.82) is 0 Å². The van der Waals surface area contributed by atoms with E-state index in [2.05, 4.69) is 51.5 Å². The van der Waals surface area contributed by atoms with Crippen molar-refractivity contribution in [2.45, 2.75) is 0 Å². The van der Waals surface area contributed by atoms with Crippen molar-refractivity contribution in [1.82, 2.24) is 4.90 Å². The van der Waals surface area contributed by atoms with Crippen LogP contribution in [0.3, 0.4) is 0 Å². The number of halogens is 2. The van der Waals surface area contributed by atoms with E-state index in [1.807, 2.05) is 24.3 Å². The Bertz CT molecular complexity index is 1180. The van der Waals surface area contributed by atoms with E-state index in [4.69, 9.17) is 11.6 Å². The van der Waals surface area contributed by atoms with Crippen LogP contribution in [0.15, 0.2) is 73.3 Å². The molecule has 176 valence electrons. The van der Waals surface area contributed by atoms with Crippen molar-refractivity contribution in [3.8, 4) is 0 Å². The van der Waals surface area contributed by atoms with Gasteiger partial charge in [0, 0.05) is 43.2 Å². The first-order valence-electron chi connectivity index (χ1n) is 11.0. The molecule has 4 rings (SSSR count). The van der Waals surface area contributed by atoms with Gasteiger partial charge in [-0.3, -0.25) is 4.79 Å². The summed E-state index contributed by atoms with van der Waals surface area (Å²) in [5.41, 5.74) is 3.94. The summed E-state index contributed by atoms with van der Waals surface area (Å²) < 4.78 is 14.4. The molecular formula is C26H27ClFN5O. The van der Waals surface area contributed by atoms with Crippen molar-refractivity contribution in [3.05, 3.63) is 84.2 Å². The highest BCUT2D eigenvalue weighted by atomic mass is 35.5. The molecule has 1 aliphatic rings. The number of benzene rings is 3. The Labute approximate surface area is 204 Å². The van der Waals surface area contributed by atoms with Crippen LogP contribution in [0.5, 0.6) is 0 Å². The SMILES string of the molecule is C=CC(=O)Nc1c(F)cccc1Nc1cc(Nc2ccc(N3CCN(C)CC3)cc2)ccc1Cl. The fourth-order valence-electron chi connectivity index (χ4n) is 3.76. The Balaban J connectivity index is 1.49. The van der Waals surface area contributed by atoms with Gasteiger partial charge in [0.25, 0.3) is 0 Å². The van der Waals surface area contributed by atoms with Gasteiger partial charge in [-0.15, -0.1) is 0 Å². The predicted molar refractivity (Wildman–Crippen MR) is 139 cm³/mol. The number of nitrogens with zero attached hydrogens (tertiary/aromatic N) is 2. The summed E-state index contributed by atoms with van der Waals surface area (Å²) in [6.07, 6.45) is 1.09. The molecule has 3 aromatic carbocycles. The first-order valence-corrected chi connectivity index (χ1v) is 11.4. The molecule has 34 heavy (non-hydrogen) atoms. The maximum absolute atomic E-state index is 14.4. The maximum atomic E-state index is 14.4. The molecule has 0 saturated carbocycles. The van der Waals surface area contributed by atoms with Gasteiger partial charge in [-0.2, -0.15) is 0 Å². The molecule has 0 unspecified atom stereocenters. The number of hydrogen-bond acceptors (Lipinski definition) is 5. The molecule has 0 radical (unpaired) electrons. The second-order valence-corrected chi connectivity index (χ2v) is 8.54. The third-order valence-corrected chi connectivity index (χ3v) is 6.04. The number of para-hydroxylation sites is 1. The van der Waals surface area contributed by atoms with E-state index >= 15 is 0 Å². The van der Waals surface area contributed by atoms with E-state index in [1.165, 1.54) is 11.8 Å². The van der Waals surface area contributed by atoms with Gasteiger partial charge in [-0.05, 0) is 67.7 Å². The van der Waals surface area contributed by atoms with Crippen molar-refractivity contribution >= 4 is 51.6 Å². The molecular weight excluding hydrogens is 453 g/mol. The third-order valence-electron chi connectivity index (χ3n) is 5.71. The van der Waals surface area contributed by atoms with Crippen LogP contribution < -0.4 is 20.9 Å². The Morgan fingerprint density at radius 2 is 1.68 bits per heavy atom. The van der Waals surface area contributed by atoms with Crippen molar-refractivity contribution < 1.29 is 9.18 Å². The molecule has 1 fully saturated rings. The quantitative estimate of drug-likeness (QED) is 0.371. The summed E-state index contributed by atoms with van der Waals surface area (Å²) in [5.74, 6) is -1.07. The zero-order chi connectivity index (χ0) is 24.1. The van der Waals surface area contributed by atoms with Gasteiger partial charge in [-0.1, -0.05) is 24.2 Å². The van der Waals surface area contributed by atoms with E-state index in [1.54, 1.807) is 18.2 Å². The van der Waals surface area contributed by atoms with Gasteiger partial charge in [0.15, 0.2) is 0 Å². The predicted octanol–water partition coefficient (Wildman–Crippen LogP) is 5.84. The molecule has 0 atom stereocenters. The van der Waals surface area contributed by atoms with E-state index in [9.17, 15) is 9.18 Å². The van der Waals surface area contributed by atoms with Gasteiger partial charge >= 0.3 is 0 Å². The molecule has 0 aromatic heterocycles. The standard InChI is InChI=1S/C26H27ClFN5O/c1-3-25(34)31-26-22(28)5-4-6-23(26)30-24-17-19(9-12-21(24)27)29-18-7-10-20(11-8-18)33-15-13-32(2)14-16-33/h3-12,17,29-30H,1,13-16H2,2H3,(H,31,34). The lowest BCUT2D eigenvalue weighted by molar-refractivity contribution is -0.111. The van der Waals surface area contributed by atoms with Gasteiger partial charge in [0.1, 0.15) is 11.5 Å². The van der Waals surface area contributed by atoms with E-state index in [0.29, 0.717) is 16.4 Å². The summed E-state index contributed by atoms with van der Waals surface area (Å²) in [6.45, 7) is 7.57. The normalized spacial score (nSPS) is 13.9. The molecule has 0 spiro atoms. The Kier molecular flexibility index (Phi) is 7.35. The summed E-state index contributed by atoms with van der Waals surface area (Å²) in [6, 6.07) is 18.3. The topological polar surface area (TPSA) is 59.6 Å². The van der Waals surface area contributed by atoms with Gasteiger partial charge in [-0.25, -0.2) is 4.39 Å². The molecule has 1 heterocycles. The average Bonchev–Trinajstić information content (AvgIpc) is 2.84. The number of anilines is 6. The Morgan fingerprint density at radius 3 is 2.38 bits per heavy atom. The maximum Gasteiger partial charge on any atom is 0.247 e. The van der Waals surface area contributed by atoms with Crippen LogP contribution in [-0.2, 0) is 4.79 Å². The molecule has 0 bridgehead atoms. The largest absolute Gasteiger partial charge is 0.369 e. The van der Waals surface area contributed by atoms with Gasteiger partial charge in [0.2, 0.25) is 5.91 Å². The minimum Gasteiger partial charge on any atom is -0.369 e. The molecule has 8 heteroatoms. The fraction of sp³-hybridized carbons (Fsp3) is 0.192. The highest BCUT2D eigenvalue weighted by Crippen LogP contribution is 2.34. The molecule has 1 saturated heterocycles. The van der Waals surface area contributed by atoms with Crippen molar-refractivity contribution in [3.63, 3.8) is 0 Å². The number of carbonyl (C=O) groups is 1.